The van der Waals surface area contributed by atoms with Crippen molar-refractivity contribution in [2.75, 3.05) is 11.9 Å². The number of fused-ring (bicyclic) bond motifs is 1. The number of rotatable bonds is 1. The number of hydrogen-bond acceptors (Lipinski definition) is 5. The van der Waals surface area contributed by atoms with Crippen molar-refractivity contribution in [3.8, 4) is 5.75 Å². The molecular weight excluding hydrogens is 270 g/mol. The molecule has 0 saturated carbocycles. The maximum atomic E-state index is 12.1. The minimum Gasteiger partial charge on any atom is -0.508 e. The lowest BCUT2D eigenvalue weighted by Crippen LogP contribution is -2.19. The van der Waals surface area contributed by atoms with E-state index in [1.165, 1.54) is 0 Å². The van der Waals surface area contributed by atoms with Gasteiger partial charge in [0.25, 0.3) is 0 Å². The molecule has 0 aliphatic carbocycles. The third-order valence-corrected chi connectivity index (χ3v) is 3.98. The van der Waals surface area contributed by atoms with Gasteiger partial charge in [0.1, 0.15) is 12.4 Å². The van der Waals surface area contributed by atoms with Crippen LogP contribution >= 0.6 is 0 Å². The van der Waals surface area contributed by atoms with E-state index in [1.807, 2.05) is 19.1 Å². The molecule has 2 aliphatic rings. The number of H-pyrrole nitrogens is 1. The van der Waals surface area contributed by atoms with Crippen molar-refractivity contribution in [2.24, 2.45) is 0 Å². The molecule has 2 aromatic rings. The van der Waals surface area contributed by atoms with E-state index in [0.717, 1.165) is 11.3 Å². The summed E-state index contributed by atoms with van der Waals surface area (Å²) in [5.41, 5.74) is 3.67. The summed E-state index contributed by atoms with van der Waals surface area (Å²) in [6.45, 7) is 2.11. The number of phenols is 1. The van der Waals surface area contributed by atoms with Gasteiger partial charge in [0.05, 0.1) is 17.2 Å². The fourth-order valence-electron chi connectivity index (χ4n) is 3.03. The molecule has 0 radical (unpaired) electrons. The predicted octanol–water partition coefficient (Wildman–Crippen LogP) is 1.79. The van der Waals surface area contributed by atoms with E-state index in [0.29, 0.717) is 22.7 Å². The third kappa shape index (κ3) is 1.59. The van der Waals surface area contributed by atoms with Gasteiger partial charge >= 0.3 is 5.97 Å². The molecule has 2 aliphatic heterocycles. The normalized spacial score (nSPS) is 19.9. The molecule has 6 nitrogen and oxygen atoms in total. The second-order valence-corrected chi connectivity index (χ2v) is 5.20. The second kappa shape index (κ2) is 4.12. The largest absolute Gasteiger partial charge is 0.508 e. The summed E-state index contributed by atoms with van der Waals surface area (Å²) in [7, 11) is 0. The minimum absolute atomic E-state index is 0.155. The SMILES string of the molecule is Cc1[nH]nc2c1C(c1ccccc1O)C1=C(COC1=O)N2. The Morgan fingerprint density at radius 3 is 3.00 bits per heavy atom. The zero-order chi connectivity index (χ0) is 14.6. The van der Waals surface area contributed by atoms with Crippen LogP contribution < -0.4 is 5.32 Å². The molecule has 6 heteroatoms. The number of anilines is 1. The molecule has 0 saturated heterocycles. The molecule has 3 N–H and O–H groups in total. The van der Waals surface area contributed by atoms with E-state index in [9.17, 15) is 9.90 Å². The summed E-state index contributed by atoms with van der Waals surface area (Å²) in [6, 6.07) is 7.03. The van der Waals surface area contributed by atoms with Gasteiger partial charge in [0, 0.05) is 16.8 Å². The van der Waals surface area contributed by atoms with Crippen molar-refractivity contribution >= 4 is 11.8 Å². The topological polar surface area (TPSA) is 87.2 Å². The van der Waals surface area contributed by atoms with E-state index in [-0.39, 0.29) is 24.2 Å². The molecule has 1 unspecified atom stereocenters. The minimum atomic E-state index is -0.369. The van der Waals surface area contributed by atoms with Crippen LogP contribution in [0.4, 0.5) is 5.82 Å². The number of carbonyl (C=O) groups excluding carboxylic acids is 1. The lowest BCUT2D eigenvalue weighted by Gasteiger charge is -2.24. The number of esters is 1. The van der Waals surface area contributed by atoms with Crippen molar-refractivity contribution in [3.63, 3.8) is 0 Å². The Labute approximate surface area is 120 Å². The number of cyclic esters (lactones) is 1. The smallest absolute Gasteiger partial charge is 0.337 e. The highest BCUT2D eigenvalue weighted by Crippen LogP contribution is 2.46. The van der Waals surface area contributed by atoms with Gasteiger partial charge in [0.2, 0.25) is 0 Å². The molecule has 3 heterocycles. The van der Waals surface area contributed by atoms with Gasteiger partial charge in [-0.15, -0.1) is 0 Å². The number of para-hydroxylation sites is 1. The highest BCUT2D eigenvalue weighted by molar-refractivity contribution is 5.97. The zero-order valence-electron chi connectivity index (χ0n) is 11.3. The van der Waals surface area contributed by atoms with Gasteiger partial charge in [-0.1, -0.05) is 18.2 Å². The Bertz CT molecular complexity index is 791. The first-order valence-electron chi connectivity index (χ1n) is 6.66. The lowest BCUT2D eigenvalue weighted by atomic mass is 9.81. The van der Waals surface area contributed by atoms with Gasteiger partial charge in [-0.2, -0.15) is 5.10 Å². The van der Waals surface area contributed by atoms with Crippen molar-refractivity contribution < 1.29 is 14.6 Å². The molecule has 106 valence electrons. The number of aryl methyl sites for hydroxylation is 1. The molecule has 0 spiro atoms. The average molecular weight is 283 g/mol. The summed E-state index contributed by atoms with van der Waals surface area (Å²) in [6.07, 6.45) is 0. The summed E-state index contributed by atoms with van der Waals surface area (Å²) >= 11 is 0. The molecular formula is C15H13N3O3. The third-order valence-electron chi connectivity index (χ3n) is 3.98. The first-order valence-corrected chi connectivity index (χ1v) is 6.66. The quantitative estimate of drug-likeness (QED) is 0.695. The highest BCUT2D eigenvalue weighted by Gasteiger charge is 2.41. The van der Waals surface area contributed by atoms with Crippen LogP contribution in [0.15, 0.2) is 35.5 Å². The zero-order valence-corrected chi connectivity index (χ0v) is 11.3. The Hall–Kier alpha value is -2.76. The standard InChI is InChI=1S/C15H13N3O3/c1-7-11-12(8-4-2-3-5-10(8)19)13-9(6-21-15(13)20)16-14(11)18-17-7/h2-5,12,19H,6H2,1H3,(H2,16,17,18). The summed E-state index contributed by atoms with van der Waals surface area (Å²) in [4.78, 5) is 12.1. The van der Waals surface area contributed by atoms with Gasteiger partial charge in [-0.3, -0.25) is 5.10 Å². The number of hydrogen-bond donors (Lipinski definition) is 3. The van der Waals surface area contributed by atoms with Gasteiger partial charge in [-0.25, -0.2) is 4.79 Å². The first kappa shape index (κ1) is 12.0. The molecule has 0 fully saturated rings. The number of aromatic nitrogens is 2. The van der Waals surface area contributed by atoms with E-state index >= 15 is 0 Å². The van der Waals surface area contributed by atoms with Crippen LogP contribution in [0.5, 0.6) is 5.75 Å². The summed E-state index contributed by atoms with van der Waals surface area (Å²) in [5.74, 6) is 0.114. The molecule has 0 bridgehead atoms. The maximum Gasteiger partial charge on any atom is 0.337 e. The predicted molar refractivity (Wildman–Crippen MR) is 74.9 cm³/mol. The fourth-order valence-corrected chi connectivity index (χ4v) is 3.03. The number of aromatic amines is 1. The maximum absolute atomic E-state index is 12.1. The Balaban J connectivity index is 1.99. The number of phenolic OH excluding ortho intramolecular Hbond substituents is 1. The molecule has 4 rings (SSSR count). The summed E-state index contributed by atoms with van der Waals surface area (Å²) in [5, 5.41) is 20.5. The number of aromatic hydroxyl groups is 1. The second-order valence-electron chi connectivity index (χ2n) is 5.20. The van der Waals surface area contributed by atoms with Crippen LogP contribution in [-0.2, 0) is 9.53 Å². The number of nitrogens with one attached hydrogen (secondary N) is 2. The van der Waals surface area contributed by atoms with Crippen LogP contribution in [0.1, 0.15) is 22.7 Å². The van der Waals surface area contributed by atoms with Crippen molar-refractivity contribution in [1.82, 2.24) is 10.2 Å². The number of benzene rings is 1. The molecule has 1 atom stereocenters. The van der Waals surface area contributed by atoms with Crippen LogP contribution in [0.25, 0.3) is 0 Å². The number of ether oxygens (including phenoxy) is 1. The van der Waals surface area contributed by atoms with Crippen LogP contribution in [0, 0.1) is 6.92 Å². The lowest BCUT2D eigenvalue weighted by molar-refractivity contribution is -0.136. The monoisotopic (exact) mass is 283 g/mol. The Morgan fingerprint density at radius 1 is 1.38 bits per heavy atom. The molecule has 0 amide bonds. The average Bonchev–Trinajstić information content (AvgIpc) is 3.03. The fraction of sp³-hybridized carbons (Fsp3) is 0.200. The first-order chi connectivity index (χ1) is 10.2. The van der Waals surface area contributed by atoms with Gasteiger partial charge in [0.15, 0.2) is 5.82 Å². The van der Waals surface area contributed by atoms with E-state index in [1.54, 1.807) is 12.1 Å². The Morgan fingerprint density at radius 2 is 2.19 bits per heavy atom. The van der Waals surface area contributed by atoms with E-state index < -0.39 is 0 Å². The molecule has 1 aromatic carbocycles. The van der Waals surface area contributed by atoms with Crippen molar-refractivity contribution in [3.05, 3.63) is 52.4 Å². The van der Waals surface area contributed by atoms with E-state index in [2.05, 4.69) is 15.5 Å². The van der Waals surface area contributed by atoms with Crippen LogP contribution in [0.2, 0.25) is 0 Å². The van der Waals surface area contributed by atoms with Crippen LogP contribution in [-0.4, -0.2) is 27.9 Å². The molecule has 21 heavy (non-hydrogen) atoms. The van der Waals surface area contributed by atoms with Gasteiger partial charge < -0.3 is 15.2 Å². The summed E-state index contributed by atoms with van der Waals surface area (Å²) < 4.78 is 5.14. The Kier molecular flexibility index (Phi) is 2.35. The molecule has 1 aromatic heterocycles. The van der Waals surface area contributed by atoms with Crippen molar-refractivity contribution in [2.45, 2.75) is 12.8 Å². The van der Waals surface area contributed by atoms with Crippen molar-refractivity contribution in [1.29, 1.82) is 0 Å². The van der Waals surface area contributed by atoms with E-state index in [4.69, 9.17) is 4.74 Å². The number of nitrogens with zero attached hydrogens (tertiary/aromatic N) is 1. The van der Waals surface area contributed by atoms with Gasteiger partial charge in [-0.05, 0) is 13.0 Å². The highest BCUT2D eigenvalue weighted by atomic mass is 16.5. The number of carbonyl (C=O) groups is 1. The van der Waals surface area contributed by atoms with Crippen LogP contribution in [0.3, 0.4) is 0 Å².